The highest BCUT2D eigenvalue weighted by molar-refractivity contribution is 5.21. The molecule has 1 aromatic heterocycles. The van der Waals surface area contributed by atoms with Gasteiger partial charge >= 0.3 is 0 Å². The fourth-order valence-corrected chi connectivity index (χ4v) is 2.55. The van der Waals surface area contributed by atoms with Crippen molar-refractivity contribution in [3.63, 3.8) is 0 Å². The van der Waals surface area contributed by atoms with Crippen molar-refractivity contribution in [1.82, 2.24) is 14.8 Å². The van der Waals surface area contributed by atoms with Gasteiger partial charge in [0, 0.05) is 24.9 Å². The van der Waals surface area contributed by atoms with Crippen LogP contribution < -0.4 is 5.73 Å². The molecule has 0 aromatic carbocycles. The Morgan fingerprint density at radius 3 is 2.93 bits per heavy atom. The molecule has 0 bridgehead atoms. The van der Waals surface area contributed by atoms with Gasteiger partial charge in [0.1, 0.15) is 11.6 Å². The molecule has 0 saturated heterocycles. The quantitative estimate of drug-likeness (QED) is 0.780. The Morgan fingerprint density at radius 2 is 2.27 bits per heavy atom. The molecule has 1 fully saturated rings. The molecule has 4 heteroatoms. The number of aromatic nitrogens is 3. The molecule has 3 rings (SSSR count). The Kier molecular flexibility index (Phi) is 1.89. The van der Waals surface area contributed by atoms with Crippen LogP contribution in [0.4, 0.5) is 0 Å². The second-order valence-electron chi connectivity index (χ2n) is 5.17. The maximum absolute atomic E-state index is 5.84. The van der Waals surface area contributed by atoms with Crippen LogP contribution in [0.2, 0.25) is 0 Å². The van der Waals surface area contributed by atoms with E-state index >= 15 is 0 Å². The topological polar surface area (TPSA) is 56.7 Å². The van der Waals surface area contributed by atoms with Crippen molar-refractivity contribution in [2.75, 3.05) is 6.54 Å². The minimum absolute atomic E-state index is 0.186. The van der Waals surface area contributed by atoms with Gasteiger partial charge in [-0.1, -0.05) is 6.92 Å². The van der Waals surface area contributed by atoms with Gasteiger partial charge in [-0.05, 0) is 25.2 Å². The van der Waals surface area contributed by atoms with Crippen LogP contribution in [0.3, 0.4) is 0 Å². The van der Waals surface area contributed by atoms with Crippen molar-refractivity contribution in [3.8, 4) is 0 Å². The highest BCUT2D eigenvalue weighted by atomic mass is 15.3. The summed E-state index contributed by atoms with van der Waals surface area (Å²) in [6.07, 6.45) is 4.71. The first-order valence-electron chi connectivity index (χ1n) is 5.88. The number of nitrogens with zero attached hydrogens (tertiary/aromatic N) is 3. The summed E-state index contributed by atoms with van der Waals surface area (Å²) >= 11 is 0. The molecule has 1 saturated carbocycles. The molecule has 2 aliphatic rings. The third kappa shape index (κ3) is 1.31. The predicted octanol–water partition coefficient (Wildman–Crippen LogP) is 0.851. The van der Waals surface area contributed by atoms with E-state index in [9.17, 15) is 0 Å². The van der Waals surface area contributed by atoms with Gasteiger partial charge in [0.2, 0.25) is 0 Å². The zero-order valence-electron chi connectivity index (χ0n) is 9.24. The Balaban J connectivity index is 1.98. The van der Waals surface area contributed by atoms with Crippen LogP contribution >= 0.6 is 0 Å². The molecular formula is C11H18N4. The predicted molar refractivity (Wildman–Crippen MR) is 57.5 cm³/mol. The molecule has 15 heavy (non-hydrogen) atoms. The molecule has 0 radical (unpaired) electrons. The summed E-state index contributed by atoms with van der Waals surface area (Å²) in [6.45, 7) is 4.09. The van der Waals surface area contributed by atoms with E-state index in [1.165, 1.54) is 25.1 Å². The highest BCUT2D eigenvalue weighted by Gasteiger charge is 2.47. The third-order valence-corrected chi connectivity index (χ3v) is 3.92. The van der Waals surface area contributed by atoms with Crippen molar-refractivity contribution in [2.45, 2.75) is 44.6 Å². The van der Waals surface area contributed by atoms with E-state index in [1.54, 1.807) is 0 Å². The summed E-state index contributed by atoms with van der Waals surface area (Å²) in [7, 11) is 0. The molecule has 1 unspecified atom stereocenters. The van der Waals surface area contributed by atoms with Crippen LogP contribution in [-0.2, 0) is 18.4 Å². The van der Waals surface area contributed by atoms with Gasteiger partial charge < -0.3 is 10.3 Å². The molecule has 1 atom stereocenters. The van der Waals surface area contributed by atoms with E-state index in [1.807, 2.05) is 0 Å². The van der Waals surface area contributed by atoms with Crippen molar-refractivity contribution in [3.05, 3.63) is 11.6 Å². The lowest BCUT2D eigenvalue weighted by Crippen LogP contribution is -2.27. The largest absolute Gasteiger partial charge is 0.329 e. The van der Waals surface area contributed by atoms with Gasteiger partial charge in [-0.3, -0.25) is 0 Å². The lowest BCUT2D eigenvalue weighted by molar-refractivity contribution is 0.395. The van der Waals surface area contributed by atoms with E-state index in [0.29, 0.717) is 0 Å². The minimum Gasteiger partial charge on any atom is -0.329 e. The fraction of sp³-hybridized carbons (Fsp3) is 0.818. The van der Waals surface area contributed by atoms with Crippen LogP contribution in [0.5, 0.6) is 0 Å². The number of hydrogen-bond donors (Lipinski definition) is 1. The molecule has 1 aliphatic carbocycles. The maximum Gasteiger partial charge on any atom is 0.140 e. The van der Waals surface area contributed by atoms with E-state index in [0.717, 1.165) is 31.3 Å². The highest BCUT2D eigenvalue weighted by Crippen LogP contribution is 2.46. The third-order valence-electron chi connectivity index (χ3n) is 3.92. The zero-order chi connectivity index (χ0) is 10.5. The molecule has 2 N–H and O–H groups in total. The van der Waals surface area contributed by atoms with Crippen LogP contribution in [0.15, 0.2) is 0 Å². The number of rotatable bonds is 2. The van der Waals surface area contributed by atoms with E-state index < -0.39 is 0 Å². The Morgan fingerprint density at radius 1 is 1.47 bits per heavy atom. The zero-order valence-corrected chi connectivity index (χ0v) is 9.24. The first-order valence-corrected chi connectivity index (χ1v) is 5.88. The average Bonchev–Trinajstić information content (AvgIpc) is 2.93. The van der Waals surface area contributed by atoms with E-state index in [2.05, 4.69) is 21.7 Å². The lowest BCUT2D eigenvalue weighted by atomic mass is 9.99. The van der Waals surface area contributed by atoms with Gasteiger partial charge in [0.05, 0.1) is 0 Å². The summed E-state index contributed by atoms with van der Waals surface area (Å²) < 4.78 is 2.32. The molecule has 1 aliphatic heterocycles. The molecule has 82 valence electrons. The molecule has 4 nitrogen and oxygen atoms in total. The van der Waals surface area contributed by atoms with Crippen molar-refractivity contribution in [1.29, 1.82) is 0 Å². The molecule has 1 aromatic rings. The maximum atomic E-state index is 5.84. The Labute approximate surface area is 89.9 Å². The van der Waals surface area contributed by atoms with Gasteiger partial charge in [0.15, 0.2) is 0 Å². The first-order chi connectivity index (χ1) is 7.25. The molecule has 0 spiro atoms. The second kappa shape index (κ2) is 3.04. The SMILES string of the molecule is CC1CCn2c(nnc2C2(CN)CC2)C1. The summed E-state index contributed by atoms with van der Waals surface area (Å²) in [5.74, 6) is 3.08. The number of nitrogens with two attached hydrogens (primary N) is 1. The minimum atomic E-state index is 0.186. The van der Waals surface area contributed by atoms with Crippen LogP contribution in [0.25, 0.3) is 0 Å². The Hall–Kier alpha value is -0.900. The molecule has 0 amide bonds. The second-order valence-corrected chi connectivity index (χ2v) is 5.17. The van der Waals surface area contributed by atoms with Crippen molar-refractivity contribution < 1.29 is 0 Å². The Bertz CT molecular complexity index is 378. The smallest absolute Gasteiger partial charge is 0.140 e. The summed E-state index contributed by atoms with van der Waals surface area (Å²) in [6, 6.07) is 0. The van der Waals surface area contributed by atoms with Gasteiger partial charge in [0.25, 0.3) is 0 Å². The van der Waals surface area contributed by atoms with Crippen molar-refractivity contribution in [2.24, 2.45) is 11.7 Å². The number of fused-ring (bicyclic) bond motifs is 1. The standard InChI is InChI=1S/C11H18N4/c1-8-2-5-15-9(6-8)13-14-10(15)11(7-12)3-4-11/h8H,2-7,12H2,1H3. The average molecular weight is 206 g/mol. The van der Waals surface area contributed by atoms with E-state index in [-0.39, 0.29) is 5.41 Å². The van der Waals surface area contributed by atoms with Gasteiger partial charge in [-0.25, -0.2) is 0 Å². The normalized spacial score (nSPS) is 27.5. The number of hydrogen-bond acceptors (Lipinski definition) is 3. The molecular weight excluding hydrogens is 188 g/mol. The summed E-state index contributed by atoms with van der Waals surface area (Å²) in [5, 5.41) is 8.69. The van der Waals surface area contributed by atoms with Gasteiger partial charge in [-0.2, -0.15) is 0 Å². The van der Waals surface area contributed by atoms with Crippen LogP contribution in [-0.4, -0.2) is 21.3 Å². The van der Waals surface area contributed by atoms with Crippen molar-refractivity contribution >= 4 is 0 Å². The van der Waals surface area contributed by atoms with Crippen LogP contribution in [0.1, 0.15) is 37.8 Å². The van der Waals surface area contributed by atoms with Crippen LogP contribution in [0, 0.1) is 5.92 Å². The van der Waals surface area contributed by atoms with E-state index in [4.69, 9.17) is 5.73 Å². The van der Waals surface area contributed by atoms with Gasteiger partial charge in [-0.15, -0.1) is 10.2 Å². The lowest BCUT2D eigenvalue weighted by Gasteiger charge is -2.22. The fourth-order valence-electron chi connectivity index (χ4n) is 2.55. The summed E-state index contributed by atoms with van der Waals surface area (Å²) in [5.41, 5.74) is 6.03. The monoisotopic (exact) mass is 206 g/mol. The summed E-state index contributed by atoms with van der Waals surface area (Å²) in [4.78, 5) is 0. The molecule has 2 heterocycles. The first kappa shape index (κ1) is 9.33.